The predicted octanol–water partition coefficient (Wildman–Crippen LogP) is 2.13. The van der Waals surface area contributed by atoms with Crippen LogP contribution >= 0.6 is 0 Å². The molecule has 0 aliphatic heterocycles. The standard InChI is InChI=1S/C17H17N5O2/c1-10-9-14(19-16(24)13-7-5-4-6-8-13)22(21-10)17-18-12(3)11(2)15(23)20-17/h4-9H,1-3H3,(H,19,24)(H,18,20,23). The maximum atomic E-state index is 12.4. The van der Waals surface area contributed by atoms with Gasteiger partial charge in [-0.2, -0.15) is 9.78 Å². The Hall–Kier alpha value is -3.22. The fraction of sp³-hybridized carbons (Fsp3) is 0.176. The van der Waals surface area contributed by atoms with Crippen LogP contribution in [0.1, 0.15) is 27.3 Å². The first-order valence-electron chi connectivity index (χ1n) is 7.46. The molecule has 0 aliphatic carbocycles. The zero-order valence-electron chi connectivity index (χ0n) is 13.6. The van der Waals surface area contributed by atoms with E-state index in [-0.39, 0.29) is 17.4 Å². The van der Waals surface area contributed by atoms with E-state index in [4.69, 9.17) is 0 Å². The number of H-pyrrole nitrogens is 1. The molecule has 2 heterocycles. The summed E-state index contributed by atoms with van der Waals surface area (Å²) in [7, 11) is 0. The maximum absolute atomic E-state index is 12.4. The second-order valence-electron chi connectivity index (χ2n) is 5.50. The molecule has 2 aromatic heterocycles. The van der Waals surface area contributed by atoms with Crippen molar-refractivity contribution in [2.75, 3.05) is 5.32 Å². The molecule has 1 aromatic carbocycles. The number of rotatable bonds is 3. The van der Waals surface area contributed by atoms with E-state index in [0.29, 0.717) is 28.3 Å². The first-order chi connectivity index (χ1) is 11.5. The summed E-state index contributed by atoms with van der Waals surface area (Å²) >= 11 is 0. The second-order valence-corrected chi connectivity index (χ2v) is 5.50. The number of carbonyl (C=O) groups is 1. The smallest absolute Gasteiger partial charge is 0.256 e. The van der Waals surface area contributed by atoms with Crippen molar-refractivity contribution in [1.82, 2.24) is 19.7 Å². The summed E-state index contributed by atoms with van der Waals surface area (Å²) in [6, 6.07) is 10.6. The van der Waals surface area contributed by atoms with Crippen molar-refractivity contribution >= 4 is 11.7 Å². The second kappa shape index (κ2) is 6.11. The van der Waals surface area contributed by atoms with Crippen molar-refractivity contribution in [2.45, 2.75) is 20.8 Å². The van der Waals surface area contributed by atoms with E-state index in [1.54, 1.807) is 51.1 Å². The van der Waals surface area contributed by atoms with Crippen LogP contribution in [0.15, 0.2) is 41.2 Å². The van der Waals surface area contributed by atoms with E-state index >= 15 is 0 Å². The number of nitrogens with one attached hydrogen (secondary N) is 2. The van der Waals surface area contributed by atoms with Gasteiger partial charge in [0.15, 0.2) is 0 Å². The monoisotopic (exact) mass is 323 g/mol. The van der Waals surface area contributed by atoms with E-state index in [1.807, 2.05) is 6.07 Å². The Balaban J connectivity index is 2.00. The molecule has 7 nitrogen and oxygen atoms in total. The van der Waals surface area contributed by atoms with Gasteiger partial charge in [0.25, 0.3) is 11.5 Å². The molecular weight excluding hydrogens is 306 g/mol. The number of hydrogen-bond acceptors (Lipinski definition) is 4. The van der Waals surface area contributed by atoms with Crippen LogP contribution in [0.5, 0.6) is 0 Å². The lowest BCUT2D eigenvalue weighted by molar-refractivity contribution is 0.102. The van der Waals surface area contributed by atoms with E-state index in [0.717, 1.165) is 0 Å². The third-order valence-electron chi connectivity index (χ3n) is 3.69. The highest BCUT2D eigenvalue weighted by atomic mass is 16.1. The fourth-order valence-electron chi connectivity index (χ4n) is 2.26. The Morgan fingerprint density at radius 1 is 1.17 bits per heavy atom. The van der Waals surface area contributed by atoms with Crippen molar-refractivity contribution in [1.29, 1.82) is 0 Å². The van der Waals surface area contributed by atoms with Crippen LogP contribution in [-0.2, 0) is 0 Å². The van der Waals surface area contributed by atoms with Gasteiger partial charge in [-0.3, -0.25) is 14.6 Å². The average molecular weight is 323 g/mol. The van der Waals surface area contributed by atoms with Gasteiger partial charge in [0.2, 0.25) is 5.95 Å². The van der Waals surface area contributed by atoms with Gasteiger partial charge in [0.1, 0.15) is 5.82 Å². The quantitative estimate of drug-likeness (QED) is 0.772. The Morgan fingerprint density at radius 3 is 2.54 bits per heavy atom. The molecule has 3 rings (SSSR count). The molecule has 0 saturated heterocycles. The molecule has 0 saturated carbocycles. The van der Waals surface area contributed by atoms with E-state index in [2.05, 4.69) is 20.4 Å². The highest BCUT2D eigenvalue weighted by molar-refractivity contribution is 6.03. The Kier molecular flexibility index (Phi) is 3.99. The van der Waals surface area contributed by atoms with Gasteiger partial charge in [-0.15, -0.1) is 0 Å². The van der Waals surface area contributed by atoms with Crippen LogP contribution in [-0.4, -0.2) is 25.7 Å². The van der Waals surface area contributed by atoms with Gasteiger partial charge in [-0.1, -0.05) is 18.2 Å². The lowest BCUT2D eigenvalue weighted by atomic mass is 10.2. The normalized spacial score (nSPS) is 10.6. The number of aryl methyl sites for hydroxylation is 2. The van der Waals surface area contributed by atoms with Gasteiger partial charge < -0.3 is 5.32 Å². The van der Waals surface area contributed by atoms with Crippen molar-refractivity contribution < 1.29 is 4.79 Å². The number of benzene rings is 1. The van der Waals surface area contributed by atoms with Gasteiger partial charge in [-0.25, -0.2) is 4.98 Å². The molecule has 0 aliphatic rings. The molecule has 0 radical (unpaired) electrons. The largest absolute Gasteiger partial charge is 0.306 e. The minimum absolute atomic E-state index is 0.231. The van der Waals surface area contributed by atoms with Crippen LogP contribution in [0, 0.1) is 20.8 Å². The topological polar surface area (TPSA) is 92.7 Å². The molecule has 0 unspecified atom stereocenters. The summed E-state index contributed by atoms with van der Waals surface area (Å²) in [6.45, 7) is 5.26. The zero-order valence-corrected chi connectivity index (χ0v) is 13.6. The Bertz CT molecular complexity index is 957. The SMILES string of the molecule is Cc1cc(NC(=O)c2ccccc2)n(-c2nc(C)c(C)c(=O)[nH]2)n1. The van der Waals surface area contributed by atoms with Crippen LogP contribution < -0.4 is 10.9 Å². The molecular formula is C17H17N5O2. The minimum Gasteiger partial charge on any atom is -0.306 e. The zero-order chi connectivity index (χ0) is 17.3. The van der Waals surface area contributed by atoms with Crippen molar-refractivity contribution in [2.24, 2.45) is 0 Å². The third-order valence-corrected chi connectivity index (χ3v) is 3.69. The molecule has 0 atom stereocenters. The molecule has 0 bridgehead atoms. The summed E-state index contributed by atoms with van der Waals surface area (Å²) in [4.78, 5) is 31.4. The molecule has 1 amide bonds. The van der Waals surface area contributed by atoms with Crippen molar-refractivity contribution in [3.8, 4) is 5.95 Å². The number of aromatic amines is 1. The van der Waals surface area contributed by atoms with Gasteiger partial charge >= 0.3 is 0 Å². The lowest BCUT2D eigenvalue weighted by Crippen LogP contribution is -2.20. The van der Waals surface area contributed by atoms with Gasteiger partial charge in [0.05, 0.1) is 5.69 Å². The summed E-state index contributed by atoms with van der Waals surface area (Å²) in [6.07, 6.45) is 0. The van der Waals surface area contributed by atoms with Crippen LogP contribution in [0.3, 0.4) is 0 Å². The molecule has 2 N–H and O–H groups in total. The average Bonchev–Trinajstić information content (AvgIpc) is 2.93. The number of hydrogen-bond donors (Lipinski definition) is 2. The molecule has 7 heteroatoms. The van der Waals surface area contributed by atoms with E-state index in [9.17, 15) is 9.59 Å². The van der Waals surface area contributed by atoms with Crippen molar-refractivity contribution in [3.05, 3.63) is 69.3 Å². The number of anilines is 1. The summed E-state index contributed by atoms with van der Waals surface area (Å²) in [5, 5.41) is 7.11. The number of carbonyl (C=O) groups excluding carboxylic acids is 1. The predicted molar refractivity (Wildman–Crippen MR) is 90.6 cm³/mol. The van der Waals surface area contributed by atoms with Gasteiger partial charge in [0, 0.05) is 22.9 Å². The maximum Gasteiger partial charge on any atom is 0.256 e. The molecule has 122 valence electrons. The number of amides is 1. The van der Waals surface area contributed by atoms with Crippen LogP contribution in [0.2, 0.25) is 0 Å². The van der Waals surface area contributed by atoms with E-state index < -0.39 is 0 Å². The van der Waals surface area contributed by atoms with Crippen molar-refractivity contribution in [3.63, 3.8) is 0 Å². The first kappa shape index (κ1) is 15.7. The molecule has 0 fully saturated rings. The van der Waals surface area contributed by atoms with Crippen LogP contribution in [0.4, 0.5) is 5.82 Å². The highest BCUT2D eigenvalue weighted by Gasteiger charge is 2.14. The first-order valence-corrected chi connectivity index (χ1v) is 7.46. The van der Waals surface area contributed by atoms with Crippen LogP contribution in [0.25, 0.3) is 5.95 Å². The number of nitrogens with zero attached hydrogens (tertiary/aromatic N) is 3. The Labute approximate surface area is 138 Å². The third kappa shape index (κ3) is 2.96. The summed E-state index contributed by atoms with van der Waals surface area (Å²) in [5.41, 5.74) is 2.16. The Morgan fingerprint density at radius 2 is 1.88 bits per heavy atom. The molecule has 24 heavy (non-hydrogen) atoms. The molecule has 3 aromatic rings. The van der Waals surface area contributed by atoms with E-state index in [1.165, 1.54) is 4.68 Å². The lowest BCUT2D eigenvalue weighted by Gasteiger charge is -2.09. The summed E-state index contributed by atoms with van der Waals surface area (Å²) in [5.74, 6) is 0.440. The minimum atomic E-state index is -0.261. The van der Waals surface area contributed by atoms with Gasteiger partial charge in [-0.05, 0) is 32.9 Å². The highest BCUT2D eigenvalue weighted by Crippen LogP contribution is 2.15. The fourth-order valence-corrected chi connectivity index (χ4v) is 2.26. The molecule has 0 spiro atoms. The summed E-state index contributed by atoms with van der Waals surface area (Å²) < 4.78 is 1.42. The number of aromatic nitrogens is 4.